The third kappa shape index (κ3) is 4.76. The lowest BCUT2D eigenvalue weighted by molar-refractivity contribution is 1.18. The molecule has 0 radical (unpaired) electrons. The van der Waals surface area contributed by atoms with Crippen LogP contribution in [0.2, 0.25) is 0 Å². The van der Waals surface area contributed by atoms with E-state index >= 15 is 0 Å². The van der Waals surface area contributed by atoms with E-state index in [1.165, 1.54) is 4.70 Å². The highest BCUT2D eigenvalue weighted by atomic mass is 32.1. The number of nitrogens with zero attached hydrogens (tertiary/aromatic N) is 4. The molecule has 8 rings (SSSR count). The second kappa shape index (κ2) is 10.7. The maximum atomic E-state index is 5.17. The molecule has 0 aliphatic carbocycles. The first-order valence-electron chi connectivity index (χ1n) is 14.2. The van der Waals surface area contributed by atoms with E-state index < -0.39 is 0 Å². The zero-order valence-corrected chi connectivity index (χ0v) is 23.9. The monoisotopic (exact) mass is 568 g/mol. The van der Waals surface area contributed by atoms with Gasteiger partial charge in [0.05, 0.1) is 27.3 Å². The van der Waals surface area contributed by atoms with Crippen LogP contribution in [0.25, 0.3) is 76.9 Å². The molecule has 43 heavy (non-hydrogen) atoms. The van der Waals surface area contributed by atoms with Crippen LogP contribution in [0.15, 0.2) is 146 Å². The third-order valence-electron chi connectivity index (χ3n) is 7.51. The zero-order valence-electron chi connectivity index (χ0n) is 23.1. The van der Waals surface area contributed by atoms with Gasteiger partial charge in [-0.2, -0.15) is 0 Å². The Labute approximate surface area is 253 Å². The predicted molar refractivity (Wildman–Crippen MR) is 178 cm³/mol. The van der Waals surface area contributed by atoms with Gasteiger partial charge in [0.1, 0.15) is 0 Å². The minimum atomic E-state index is 0.697. The summed E-state index contributed by atoms with van der Waals surface area (Å²) >= 11 is 1.74. The summed E-state index contributed by atoms with van der Waals surface area (Å²) in [6.07, 6.45) is 0. The van der Waals surface area contributed by atoms with Gasteiger partial charge in [0.2, 0.25) is 0 Å². The van der Waals surface area contributed by atoms with Crippen molar-refractivity contribution in [3.8, 4) is 56.5 Å². The van der Waals surface area contributed by atoms with Crippen LogP contribution >= 0.6 is 11.3 Å². The van der Waals surface area contributed by atoms with Crippen LogP contribution in [0, 0.1) is 0 Å². The Hall–Kier alpha value is -5.52. The Morgan fingerprint density at radius 2 is 0.930 bits per heavy atom. The highest BCUT2D eigenvalue weighted by Crippen LogP contribution is 2.40. The van der Waals surface area contributed by atoms with Crippen LogP contribution in [0.1, 0.15) is 0 Å². The van der Waals surface area contributed by atoms with E-state index in [4.69, 9.17) is 19.9 Å². The fraction of sp³-hybridized carbons (Fsp3) is 0. The number of fused-ring (bicyclic) bond motifs is 3. The Morgan fingerprint density at radius 3 is 1.63 bits per heavy atom. The van der Waals surface area contributed by atoms with Crippen molar-refractivity contribution in [2.45, 2.75) is 0 Å². The highest BCUT2D eigenvalue weighted by Gasteiger charge is 2.17. The summed E-state index contributed by atoms with van der Waals surface area (Å²) < 4.78 is 2.28. The standard InChI is InChI=1S/C38H24N4S/c1-4-13-25(14-5-1)31-24-32(40-37(39-31)26-15-6-2-7-16-26)28-19-12-20-29(23-28)34-36-35(30-21-10-11-22-33(30)43-36)42-38(41-34)27-17-8-3-9-18-27/h1-24H. The number of thiophene rings is 1. The third-order valence-corrected chi connectivity index (χ3v) is 8.68. The molecule has 8 aromatic rings. The molecular formula is C38H24N4S. The Kier molecular flexibility index (Phi) is 6.28. The molecule has 0 bridgehead atoms. The van der Waals surface area contributed by atoms with E-state index in [1.807, 2.05) is 54.6 Å². The van der Waals surface area contributed by atoms with Crippen LogP contribution < -0.4 is 0 Å². The Bertz CT molecular complexity index is 2170. The minimum Gasteiger partial charge on any atom is -0.228 e. The van der Waals surface area contributed by atoms with Crippen LogP contribution in [0.3, 0.4) is 0 Å². The lowest BCUT2D eigenvalue weighted by atomic mass is 10.0. The van der Waals surface area contributed by atoms with Gasteiger partial charge in [-0.3, -0.25) is 0 Å². The quantitative estimate of drug-likeness (QED) is 0.207. The van der Waals surface area contributed by atoms with Gasteiger partial charge in [0.15, 0.2) is 11.6 Å². The summed E-state index contributed by atoms with van der Waals surface area (Å²) in [7, 11) is 0. The average Bonchev–Trinajstić information content (AvgIpc) is 3.48. The smallest absolute Gasteiger partial charge is 0.160 e. The molecular weight excluding hydrogens is 545 g/mol. The molecule has 0 saturated carbocycles. The minimum absolute atomic E-state index is 0.697. The molecule has 3 aromatic heterocycles. The average molecular weight is 569 g/mol. The first-order chi connectivity index (χ1) is 21.3. The van der Waals surface area contributed by atoms with Gasteiger partial charge in [0, 0.05) is 37.9 Å². The molecule has 0 aliphatic heterocycles. The van der Waals surface area contributed by atoms with Crippen LogP contribution in [-0.4, -0.2) is 19.9 Å². The first kappa shape index (κ1) is 25.2. The maximum Gasteiger partial charge on any atom is 0.160 e. The Morgan fingerprint density at radius 1 is 0.395 bits per heavy atom. The van der Waals surface area contributed by atoms with Gasteiger partial charge in [0.25, 0.3) is 0 Å². The fourth-order valence-electron chi connectivity index (χ4n) is 5.40. The van der Waals surface area contributed by atoms with Crippen molar-refractivity contribution < 1.29 is 0 Å². The Balaban J connectivity index is 1.33. The van der Waals surface area contributed by atoms with Gasteiger partial charge in [-0.15, -0.1) is 11.3 Å². The largest absolute Gasteiger partial charge is 0.228 e. The number of hydrogen-bond donors (Lipinski definition) is 0. The summed E-state index contributed by atoms with van der Waals surface area (Å²) in [6, 6.07) is 49.6. The molecule has 202 valence electrons. The SMILES string of the molecule is c1ccc(-c2cc(-c3cccc(-c4nc(-c5ccccc5)nc5c4sc4ccccc45)c3)nc(-c3ccccc3)n2)cc1. The van der Waals surface area contributed by atoms with E-state index in [1.54, 1.807) is 11.3 Å². The van der Waals surface area contributed by atoms with Crippen molar-refractivity contribution in [3.05, 3.63) is 146 Å². The lowest BCUT2D eigenvalue weighted by Crippen LogP contribution is -1.96. The van der Waals surface area contributed by atoms with Crippen molar-refractivity contribution in [3.63, 3.8) is 0 Å². The van der Waals surface area contributed by atoms with Crippen molar-refractivity contribution in [2.75, 3.05) is 0 Å². The van der Waals surface area contributed by atoms with Crippen molar-refractivity contribution in [1.82, 2.24) is 19.9 Å². The maximum absolute atomic E-state index is 5.17. The second-order valence-electron chi connectivity index (χ2n) is 10.3. The number of hydrogen-bond acceptors (Lipinski definition) is 5. The van der Waals surface area contributed by atoms with E-state index in [-0.39, 0.29) is 0 Å². The highest BCUT2D eigenvalue weighted by molar-refractivity contribution is 7.26. The van der Waals surface area contributed by atoms with Crippen LogP contribution in [0.4, 0.5) is 0 Å². The summed E-state index contributed by atoms with van der Waals surface area (Å²) in [6.45, 7) is 0. The van der Waals surface area contributed by atoms with E-state index in [9.17, 15) is 0 Å². The molecule has 5 heteroatoms. The number of aromatic nitrogens is 4. The first-order valence-corrected chi connectivity index (χ1v) is 15.0. The molecule has 5 aromatic carbocycles. The van der Waals surface area contributed by atoms with Gasteiger partial charge in [-0.05, 0) is 18.2 Å². The van der Waals surface area contributed by atoms with Gasteiger partial charge in [-0.1, -0.05) is 127 Å². The molecule has 0 aliphatic rings. The van der Waals surface area contributed by atoms with E-state index in [0.29, 0.717) is 5.82 Å². The van der Waals surface area contributed by atoms with Gasteiger partial charge < -0.3 is 0 Å². The predicted octanol–water partition coefficient (Wildman–Crippen LogP) is 9.97. The molecule has 0 unspecified atom stereocenters. The molecule has 0 amide bonds. The van der Waals surface area contributed by atoms with Crippen LogP contribution in [-0.2, 0) is 0 Å². The summed E-state index contributed by atoms with van der Waals surface area (Å²) in [4.78, 5) is 20.3. The van der Waals surface area contributed by atoms with E-state index in [2.05, 4.69) is 91.0 Å². The fourth-order valence-corrected chi connectivity index (χ4v) is 6.55. The number of benzene rings is 5. The topological polar surface area (TPSA) is 51.6 Å². The summed E-state index contributed by atoms with van der Waals surface area (Å²) in [5.74, 6) is 1.42. The van der Waals surface area contributed by atoms with E-state index in [0.717, 1.165) is 66.3 Å². The molecule has 0 spiro atoms. The molecule has 0 atom stereocenters. The summed E-state index contributed by atoms with van der Waals surface area (Å²) in [5.41, 5.74) is 8.70. The number of rotatable bonds is 5. The second-order valence-corrected chi connectivity index (χ2v) is 11.4. The normalized spacial score (nSPS) is 11.3. The lowest BCUT2D eigenvalue weighted by Gasteiger charge is -2.11. The molecule has 0 N–H and O–H groups in total. The molecule has 0 saturated heterocycles. The van der Waals surface area contributed by atoms with Gasteiger partial charge in [-0.25, -0.2) is 19.9 Å². The molecule has 3 heterocycles. The molecule has 0 fully saturated rings. The molecule has 4 nitrogen and oxygen atoms in total. The zero-order chi connectivity index (χ0) is 28.6. The van der Waals surface area contributed by atoms with Crippen LogP contribution in [0.5, 0.6) is 0 Å². The van der Waals surface area contributed by atoms with Crippen molar-refractivity contribution >= 4 is 31.6 Å². The summed E-state index contributed by atoms with van der Waals surface area (Å²) in [5, 5.41) is 1.15. The van der Waals surface area contributed by atoms with Crippen molar-refractivity contribution in [2.24, 2.45) is 0 Å². The van der Waals surface area contributed by atoms with Crippen molar-refractivity contribution in [1.29, 1.82) is 0 Å². The van der Waals surface area contributed by atoms with Gasteiger partial charge >= 0.3 is 0 Å².